The van der Waals surface area contributed by atoms with Gasteiger partial charge in [0.25, 0.3) is 0 Å². The summed E-state index contributed by atoms with van der Waals surface area (Å²) in [6.45, 7) is 8.78. The molecule has 0 aliphatic carbocycles. The average molecular weight is 229 g/mol. The van der Waals surface area contributed by atoms with Gasteiger partial charge in [0.1, 0.15) is 11.6 Å². The number of nitrogens with zero attached hydrogens (tertiary/aromatic N) is 1. The minimum atomic E-state index is -0.434. The zero-order chi connectivity index (χ0) is 12.3. The number of carbonyl (C=O) groups is 1. The van der Waals surface area contributed by atoms with Gasteiger partial charge in [-0.3, -0.25) is 9.69 Å². The van der Waals surface area contributed by atoms with Crippen LogP contribution in [0.25, 0.3) is 0 Å². The molecule has 1 heterocycles. The van der Waals surface area contributed by atoms with Crippen LogP contribution >= 0.6 is 0 Å². The Balaban J connectivity index is 2.54. The van der Waals surface area contributed by atoms with Crippen LogP contribution in [-0.4, -0.2) is 46.8 Å². The lowest BCUT2D eigenvalue weighted by molar-refractivity contribution is -0.160. The first kappa shape index (κ1) is 13.5. The second-order valence-electron chi connectivity index (χ2n) is 5.54. The molecule has 0 aromatic rings. The maximum absolute atomic E-state index is 11.9. The Bertz CT molecular complexity index is 245. The average Bonchev–Trinajstić information content (AvgIpc) is 2.47. The molecule has 1 saturated heterocycles. The van der Waals surface area contributed by atoms with Gasteiger partial charge in [-0.2, -0.15) is 0 Å². The minimum absolute atomic E-state index is 0.161. The molecule has 16 heavy (non-hydrogen) atoms. The summed E-state index contributed by atoms with van der Waals surface area (Å²) in [5.74, 6) is -0.161. The Kier molecular flexibility index (Phi) is 4.33. The lowest BCUT2D eigenvalue weighted by atomic mass is 10.1. The van der Waals surface area contributed by atoms with Gasteiger partial charge in [0.05, 0.1) is 6.10 Å². The van der Waals surface area contributed by atoms with E-state index in [0.717, 1.165) is 19.4 Å². The van der Waals surface area contributed by atoms with Crippen LogP contribution < -0.4 is 0 Å². The smallest absolute Gasteiger partial charge is 0.323 e. The standard InChI is InChI=1S/C12H23NO3/c1-9(14)8-13-7-5-6-10(13)11(15)16-12(2,3)4/h9-10,14H,5-8H2,1-4H3/t9-,10?/m0/s1. The quantitative estimate of drug-likeness (QED) is 0.738. The largest absolute Gasteiger partial charge is 0.459 e. The fourth-order valence-electron chi connectivity index (χ4n) is 2.02. The molecule has 0 spiro atoms. The van der Waals surface area contributed by atoms with Gasteiger partial charge < -0.3 is 9.84 Å². The third-order valence-electron chi connectivity index (χ3n) is 2.54. The second-order valence-corrected chi connectivity index (χ2v) is 5.54. The molecule has 1 aliphatic rings. The van der Waals surface area contributed by atoms with Crippen LogP contribution in [0.5, 0.6) is 0 Å². The number of carbonyl (C=O) groups excluding carboxylic acids is 1. The molecule has 0 saturated carbocycles. The number of likely N-dealkylation sites (tertiary alicyclic amines) is 1. The first-order valence-electron chi connectivity index (χ1n) is 5.94. The Morgan fingerprint density at radius 2 is 2.19 bits per heavy atom. The summed E-state index contributed by atoms with van der Waals surface area (Å²) in [6.07, 6.45) is 1.43. The summed E-state index contributed by atoms with van der Waals surface area (Å²) in [4.78, 5) is 13.9. The monoisotopic (exact) mass is 229 g/mol. The highest BCUT2D eigenvalue weighted by Gasteiger charge is 2.34. The predicted molar refractivity (Wildman–Crippen MR) is 62.1 cm³/mol. The van der Waals surface area contributed by atoms with Crippen molar-refractivity contribution < 1.29 is 14.6 Å². The van der Waals surface area contributed by atoms with E-state index in [2.05, 4.69) is 0 Å². The van der Waals surface area contributed by atoms with Crippen LogP contribution in [0.15, 0.2) is 0 Å². The van der Waals surface area contributed by atoms with Crippen LogP contribution in [0.1, 0.15) is 40.5 Å². The Labute approximate surface area is 97.6 Å². The molecule has 1 fully saturated rings. The molecule has 4 heteroatoms. The molecule has 1 rings (SSSR count). The third-order valence-corrected chi connectivity index (χ3v) is 2.54. The molecule has 94 valence electrons. The van der Waals surface area contributed by atoms with E-state index in [1.54, 1.807) is 6.92 Å². The molecule has 1 unspecified atom stereocenters. The van der Waals surface area contributed by atoms with E-state index in [1.165, 1.54) is 0 Å². The zero-order valence-electron chi connectivity index (χ0n) is 10.7. The van der Waals surface area contributed by atoms with Crippen LogP contribution in [0, 0.1) is 0 Å². The van der Waals surface area contributed by atoms with E-state index < -0.39 is 11.7 Å². The van der Waals surface area contributed by atoms with Crippen molar-refractivity contribution in [1.29, 1.82) is 0 Å². The summed E-state index contributed by atoms with van der Waals surface area (Å²) in [6, 6.07) is -0.172. The van der Waals surface area contributed by atoms with Crippen molar-refractivity contribution in [1.82, 2.24) is 4.90 Å². The molecule has 0 aromatic heterocycles. The van der Waals surface area contributed by atoms with E-state index in [4.69, 9.17) is 4.74 Å². The van der Waals surface area contributed by atoms with E-state index in [-0.39, 0.29) is 12.0 Å². The highest BCUT2D eigenvalue weighted by molar-refractivity contribution is 5.76. The fraction of sp³-hybridized carbons (Fsp3) is 0.917. The number of β-amino-alcohol motifs (C(OH)–C–C–N with tert-alkyl or cyclic N) is 1. The Hall–Kier alpha value is -0.610. The first-order valence-corrected chi connectivity index (χ1v) is 5.94. The van der Waals surface area contributed by atoms with Crippen LogP contribution in [0.4, 0.5) is 0 Å². The van der Waals surface area contributed by atoms with Gasteiger partial charge in [-0.05, 0) is 47.1 Å². The Morgan fingerprint density at radius 3 is 2.69 bits per heavy atom. The maximum Gasteiger partial charge on any atom is 0.323 e. The van der Waals surface area contributed by atoms with Gasteiger partial charge in [-0.1, -0.05) is 0 Å². The third kappa shape index (κ3) is 4.10. The van der Waals surface area contributed by atoms with E-state index in [1.807, 2.05) is 25.7 Å². The van der Waals surface area contributed by atoms with Gasteiger partial charge in [-0.25, -0.2) is 0 Å². The Morgan fingerprint density at radius 1 is 1.56 bits per heavy atom. The lowest BCUT2D eigenvalue weighted by Crippen LogP contribution is -2.43. The number of aliphatic hydroxyl groups excluding tert-OH is 1. The summed E-state index contributed by atoms with van der Waals surface area (Å²) >= 11 is 0. The van der Waals surface area contributed by atoms with Gasteiger partial charge in [0.15, 0.2) is 0 Å². The molecule has 0 bridgehead atoms. The maximum atomic E-state index is 11.9. The van der Waals surface area contributed by atoms with Crippen molar-refractivity contribution in [2.75, 3.05) is 13.1 Å². The summed E-state index contributed by atoms with van der Waals surface area (Å²) in [7, 11) is 0. The van der Waals surface area contributed by atoms with Crippen LogP contribution in [-0.2, 0) is 9.53 Å². The number of rotatable bonds is 3. The van der Waals surface area contributed by atoms with Crippen molar-refractivity contribution in [2.24, 2.45) is 0 Å². The highest BCUT2D eigenvalue weighted by atomic mass is 16.6. The van der Waals surface area contributed by atoms with Crippen molar-refractivity contribution in [2.45, 2.75) is 58.3 Å². The lowest BCUT2D eigenvalue weighted by Gasteiger charge is -2.27. The zero-order valence-corrected chi connectivity index (χ0v) is 10.7. The molecule has 0 amide bonds. The molecule has 1 N–H and O–H groups in total. The van der Waals surface area contributed by atoms with Gasteiger partial charge in [0, 0.05) is 6.54 Å². The fourth-order valence-corrected chi connectivity index (χ4v) is 2.02. The second kappa shape index (κ2) is 5.15. The topological polar surface area (TPSA) is 49.8 Å². The van der Waals surface area contributed by atoms with E-state index in [9.17, 15) is 9.90 Å². The molecule has 0 radical (unpaired) electrons. The summed E-state index contributed by atoms with van der Waals surface area (Å²) in [5, 5.41) is 9.35. The molecule has 1 aliphatic heterocycles. The van der Waals surface area contributed by atoms with Crippen LogP contribution in [0.2, 0.25) is 0 Å². The van der Waals surface area contributed by atoms with Gasteiger partial charge in [0.2, 0.25) is 0 Å². The highest BCUT2D eigenvalue weighted by Crippen LogP contribution is 2.21. The predicted octanol–water partition coefficient (Wildman–Crippen LogP) is 1.17. The summed E-state index contributed by atoms with van der Waals surface area (Å²) < 4.78 is 5.37. The van der Waals surface area contributed by atoms with Crippen molar-refractivity contribution in [3.05, 3.63) is 0 Å². The number of hydrogen-bond acceptors (Lipinski definition) is 4. The molecule has 4 nitrogen and oxygen atoms in total. The molecular formula is C12H23NO3. The minimum Gasteiger partial charge on any atom is -0.459 e. The van der Waals surface area contributed by atoms with Gasteiger partial charge in [-0.15, -0.1) is 0 Å². The van der Waals surface area contributed by atoms with Gasteiger partial charge >= 0.3 is 5.97 Å². The number of ether oxygens (including phenoxy) is 1. The van der Waals surface area contributed by atoms with E-state index in [0.29, 0.717) is 6.54 Å². The number of aliphatic hydroxyl groups is 1. The molecule has 0 aromatic carbocycles. The van der Waals surface area contributed by atoms with Crippen molar-refractivity contribution >= 4 is 5.97 Å². The van der Waals surface area contributed by atoms with Crippen molar-refractivity contribution in [3.63, 3.8) is 0 Å². The van der Waals surface area contributed by atoms with Crippen LogP contribution in [0.3, 0.4) is 0 Å². The molecule has 2 atom stereocenters. The summed E-state index contributed by atoms with van der Waals surface area (Å²) in [5.41, 5.74) is -0.434. The normalized spacial score (nSPS) is 24.4. The van der Waals surface area contributed by atoms with Crippen molar-refractivity contribution in [3.8, 4) is 0 Å². The number of hydrogen-bond donors (Lipinski definition) is 1. The molecular weight excluding hydrogens is 206 g/mol. The van der Waals surface area contributed by atoms with E-state index >= 15 is 0 Å². The SMILES string of the molecule is C[C@H](O)CN1CCCC1C(=O)OC(C)(C)C. The first-order chi connectivity index (χ1) is 7.29. The number of esters is 1.